The van der Waals surface area contributed by atoms with Crippen LogP contribution in [-0.4, -0.2) is 15.0 Å². The van der Waals surface area contributed by atoms with Gasteiger partial charge in [0, 0.05) is 45.0 Å². The highest BCUT2D eigenvalue weighted by atomic mass is 15.2. The number of benzene rings is 7. The van der Waals surface area contributed by atoms with Crippen LogP contribution >= 0.6 is 0 Å². The molecule has 0 bridgehead atoms. The number of hydrogen-bond acceptors (Lipinski definition) is 5. The molecule has 0 radical (unpaired) electrons. The minimum Gasteiger partial charge on any atom is -0.309 e. The van der Waals surface area contributed by atoms with E-state index >= 15 is 0 Å². The Balaban J connectivity index is 1.11. The third kappa shape index (κ3) is 4.72. The number of nitrogens with zero attached hydrogens (tertiary/aromatic N) is 5. The lowest BCUT2D eigenvalue weighted by Gasteiger charge is -2.49. The van der Waals surface area contributed by atoms with E-state index < -0.39 is 0 Å². The topological polar surface area (TPSA) is 45.2 Å². The number of rotatable bonds is 3. The summed E-state index contributed by atoms with van der Waals surface area (Å²) in [6.07, 6.45) is 0.836. The Morgan fingerprint density at radius 1 is 0.350 bits per heavy atom. The van der Waals surface area contributed by atoms with Crippen molar-refractivity contribution < 1.29 is 0 Å². The molecule has 5 heterocycles. The molecule has 0 fully saturated rings. The maximum Gasteiger partial charge on any atom is 0.164 e. The Morgan fingerprint density at radius 2 is 0.733 bits per heavy atom. The van der Waals surface area contributed by atoms with Gasteiger partial charge in [0.1, 0.15) is 0 Å². The fourth-order valence-corrected chi connectivity index (χ4v) is 10.9. The molecule has 5 heteroatoms. The first-order chi connectivity index (χ1) is 29.0. The molecule has 5 nitrogen and oxygen atoms in total. The molecule has 0 saturated heterocycles. The van der Waals surface area contributed by atoms with Crippen molar-refractivity contribution in [2.24, 2.45) is 0 Å². The number of aromatic nitrogens is 3. The van der Waals surface area contributed by atoms with E-state index in [1.807, 2.05) is 6.07 Å². The highest BCUT2D eigenvalue weighted by Gasteiger charge is 2.46. The van der Waals surface area contributed by atoms with Gasteiger partial charge in [-0.15, -0.1) is 0 Å². The summed E-state index contributed by atoms with van der Waals surface area (Å²) in [5, 5.41) is 0. The first kappa shape index (κ1) is 35.1. The lowest BCUT2D eigenvalue weighted by molar-refractivity contribution is 0.597. The molecule has 0 atom stereocenters. The van der Waals surface area contributed by atoms with E-state index in [1.165, 1.54) is 78.6 Å². The van der Waals surface area contributed by atoms with Crippen LogP contribution < -0.4 is 9.80 Å². The third-order valence-corrected chi connectivity index (χ3v) is 14.0. The normalized spacial score (nSPS) is 16.4. The maximum atomic E-state index is 5.49. The summed E-state index contributed by atoms with van der Waals surface area (Å²) in [6.45, 7) is 14.2. The van der Waals surface area contributed by atoms with E-state index in [2.05, 4.69) is 197 Å². The van der Waals surface area contributed by atoms with Gasteiger partial charge in [-0.25, -0.2) is 15.0 Å². The minimum absolute atomic E-state index is 0.256. The van der Waals surface area contributed by atoms with Crippen molar-refractivity contribution >= 4 is 34.1 Å². The van der Waals surface area contributed by atoms with Gasteiger partial charge in [0.15, 0.2) is 17.5 Å². The molecular formula is C55H45N5. The van der Waals surface area contributed by atoms with E-state index in [4.69, 9.17) is 15.0 Å². The quantitative estimate of drug-likeness (QED) is 0.179. The van der Waals surface area contributed by atoms with E-state index in [-0.39, 0.29) is 16.2 Å². The Kier molecular flexibility index (Phi) is 7.09. The molecule has 7 aromatic carbocycles. The molecule has 12 rings (SSSR count). The fraction of sp³-hybridized carbons (Fsp3) is 0.182. The third-order valence-electron chi connectivity index (χ3n) is 14.0. The van der Waals surface area contributed by atoms with E-state index in [0.29, 0.717) is 17.5 Å². The largest absolute Gasteiger partial charge is 0.309 e. The van der Waals surface area contributed by atoms with Crippen LogP contribution in [0.2, 0.25) is 0 Å². The van der Waals surface area contributed by atoms with Crippen LogP contribution in [0.4, 0.5) is 34.1 Å². The van der Waals surface area contributed by atoms with Gasteiger partial charge >= 0.3 is 0 Å². The molecule has 4 aliphatic heterocycles. The summed E-state index contributed by atoms with van der Waals surface area (Å²) in [7, 11) is 0. The zero-order chi connectivity index (χ0) is 40.7. The monoisotopic (exact) mass is 775 g/mol. The average Bonchev–Trinajstić information content (AvgIpc) is 3.27. The number of fused-ring (bicyclic) bond motifs is 8. The van der Waals surface area contributed by atoms with Crippen molar-refractivity contribution in [3.63, 3.8) is 0 Å². The van der Waals surface area contributed by atoms with Crippen LogP contribution in [0.3, 0.4) is 0 Å². The molecule has 1 aromatic heterocycles. The van der Waals surface area contributed by atoms with Gasteiger partial charge in [0.05, 0.1) is 28.4 Å². The Labute approximate surface area is 352 Å². The van der Waals surface area contributed by atoms with Gasteiger partial charge in [0.25, 0.3) is 0 Å². The highest BCUT2D eigenvalue weighted by Crippen LogP contribution is 2.61. The smallest absolute Gasteiger partial charge is 0.164 e. The first-order valence-electron chi connectivity index (χ1n) is 21.2. The number of para-hydroxylation sites is 4. The lowest BCUT2D eigenvalue weighted by atomic mass is 9.66. The predicted molar refractivity (Wildman–Crippen MR) is 245 cm³/mol. The molecule has 0 spiro atoms. The number of hydrogen-bond donors (Lipinski definition) is 0. The average molecular weight is 776 g/mol. The zero-order valence-corrected chi connectivity index (χ0v) is 34.9. The van der Waals surface area contributed by atoms with Crippen LogP contribution in [0.25, 0.3) is 34.2 Å². The second-order valence-electron chi connectivity index (χ2n) is 18.5. The summed E-state index contributed by atoms with van der Waals surface area (Å²) in [6, 6.07) is 55.4. The Morgan fingerprint density at radius 3 is 1.25 bits per heavy atom. The molecule has 0 saturated carbocycles. The second-order valence-corrected chi connectivity index (χ2v) is 18.5. The fourth-order valence-electron chi connectivity index (χ4n) is 10.9. The molecule has 290 valence electrons. The summed E-state index contributed by atoms with van der Waals surface area (Å²) in [5.41, 5.74) is 20.0. The van der Waals surface area contributed by atoms with Gasteiger partial charge < -0.3 is 9.80 Å². The summed E-state index contributed by atoms with van der Waals surface area (Å²) in [5.74, 6) is 2.03. The molecule has 0 N–H and O–H groups in total. The molecule has 60 heavy (non-hydrogen) atoms. The Bertz CT molecular complexity index is 3040. The molecule has 0 aliphatic carbocycles. The zero-order valence-electron chi connectivity index (χ0n) is 34.9. The van der Waals surface area contributed by atoms with Crippen molar-refractivity contribution in [2.45, 2.75) is 64.2 Å². The maximum absolute atomic E-state index is 5.49. The van der Waals surface area contributed by atoms with Crippen LogP contribution in [0.15, 0.2) is 152 Å². The standard InChI is InChI=1S/C55H45N5/c1-53(2)38-21-11-15-25-45(38)59-44-24-14-10-20-34(44)28-35-29-36(30-41(53)48(35)59)51-56-50(33-18-8-7-9-19-33)57-52(58-51)37-31-42-49-43(32-37)55(5,6)40-23-13-17-27-47(40)60(49)46-26-16-12-22-39(46)54(42,3)4/h7-27,29-32H,28H2,1-6H3. The van der Waals surface area contributed by atoms with Gasteiger partial charge in [-0.05, 0) is 93.0 Å². The molecule has 8 aromatic rings. The van der Waals surface area contributed by atoms with Gasteiger partial charge in [-0.1, -0.05) is 145 Å². The van der Waals surface area contributed by atoms with Gasteiger partial charge in [-0.2, -0.15) is 0 Å². The van der Waals surface area contributed by atoms with Crippen molar-refractivity contribution in [3.05, 3.63) is 196 Å². The van der Waals surface area contributed by atoms with Gasteiger partial charge in [-0.3, -0.25) is 0 Å². The molecule has 0 amide bonds. The van der Waals surface area contributed by atoms with Crippen molar-refractivity contribution in [2.75, 3.05) is 9.80 Å². The van der Waals surface area contributed by atoms with Crippen molar-refractivity contribution in [1.82, 2.24) is 15.0 Å². The Hall–Kier alpha value is -6.85. The van der Waals surface area contributed by atoms with Crippen molar-refractivity contribution in [1.29, 1.82) is 0 Å². The van der Waals surface area contributed by atoms with Crippen LogP contribution in [0.1, 0.15) is 86.1 Å². The van der Waals surface area contributed by atoms with E-state index in [9.17, 15) is 0 Å². The van der Waals surface area contributed by atoms with Crippen molar-refractivity contribution in [3.8, 4) is 34.2 Å². The van der Waals surface area contributed by atoms with Crippen LogP contribution in [0, 0.1) is 0 Å². The highest BCUT2D eigenvalue weighted by molar-refractivity contribution is 5.95. The van der Waals surface area contributed by atoms with Gasteiger partial charge in [0.2, 0.25) is 0 Å². The summed E-state index contributed by atoms with van der Waals surface area (Å²) in [4.78, 5) is 21.2. The lowest BCUT2D eigenvalue weighted by Crippen LogP contribution is -2.38. The number of anilines is 6. The van der Waals surface area contributed by atoms with E-state index in [0.717, 1.165) is 23.1 Å². The van der Waals surface area contributed by atoms with Crippen LogP contribution in [0.5, 0.6) is 0 Å². The SMILES string of the molecule is CC1(C)c2ccccc2N2c3ccccc3Cc3cc(-c4nc(-c5ccccc5)nc(-c5cc6c7c(c5)C(C)(C)c5ccccc5N7c5ccccc5C6(C)C)n4)cc1c32. The predicted octanol–water partition coefficient (Wildman–Crippen LogP) is 13.6. The minimum atomic E-state index is -0.279. The van der Waals surface area contributed by atoms with E-state index in [1.54, 1.807) is 0 Å². The molecule has 0 unspecified atom stereocenters. The summed E-state index contributed by atoms with van der Waals surface area (Å²) >= 11 is 0. The second kappa shape index (κ2) is 12.1. The molecule has 4 aliphatic rings. The summed E-state index contributed by atoms with van der Waals surface area (Å²) < 4.78 is 0. The molecular weight excluding hydrogens is 731 g/mol. The van der Waals surface area contributed by atoms with Crippen LogP contribution in [-0.2, 0) is 22.7 Å². The first-order valence-corrected chi connectivity index (χ1v) is 21.2.